The van der Waals surface area contributed by atoms with Gasteiger partial charge in [0, 0.05) is 6.54 Å². The highest BCUT2D eigenvalue weighted by Crippen LogP contribution is 2.39. The second-order valence-electron chi connectivity index (χ2n) is 10.3. The van der Waals surface area contributed by atoms with Gasteiger partial charge in [-0.2, -0.15) is 0 Å². The molecule has 0 fully saturated rings. The zero-order valence-corrected chi connectivity index (χ0v) is 22.5. The standard InChI is InChI=1S/C29H29Cl2FN2O3/c1-29(2,3)20-9-6-17(7-10-20)16-37-28(36)22-15-21(32)13-18-5-4-12-34(25(18)22)26(27(33)35)19-8-11-23(30)24(31)14-19/h6-11,13-15,26H,4-5,12,16H2,1-3H3,(H2,33,35). The van der Waals surface area contributed by atoms with E-state index in [0.717, 1.165) is 17.2 Å². The second kappa shape index (κ2) is 10.7. The number of aryl methyl sites for hydroxylation is 1. The Morgan fingerprint density at radius 3 is 2.38 bits per heavy atom. The normalized spacial score (nSPS) is 14.2. The van der Waals surface area contributed by atoms with E-state index in [0.29, 0.717) is 41.2 Å². The van der Waals surface area contributed by atoms with Gasteiger partial charge in [-0.05, 0) is 64.8 Å². The molecule has 0 saturated heterocycles. The van der Waals surface area contributed by atoms with Gasteiger partial charge in [0.05, 0.1) is 21.3 Å². The van der Waals surface area contributed by atoms with Crippen LogP contribution >= 0.6 is 23.2 Å². The van der Waals surface area contributed by atoms with E-state index in [1.54, 1.807) is 23.1 Å². The smallest absolute Gasteiger partial charge is 0.340 e. The van der Waals surface area contributed by atoms with Crippen molar-refractivity contribution in [2.75, 3.05) is 11.4 Å². The van der Waals surface area contributed by atoms with Gasteiger partial charge in [0.2, 0.25) is 5.91 Å². The molecule has 0 aromatic heterocycles. The summed E-state index contributed by atoms with van der Waals surface area (Å²) in [5.41, 5.74) is 9.44. The fourth-order valence-electron chi connectivity index (χ4n) is 4.66. The number of amides is 1. The van der Waals surface area contributed by atoms with Crippen LogP contribution in [0.3, 0.4) is 0 Å². The lowest BCUT2D eigenvalue weighted by molar-refractivity contribution is -0.119. The highest BCUT2D eigenvalue weighted by Gasteiger charge is 2.34. The monoisotopic (exact) mass is 542 g/mol. The number of halogens is 3. The number of fused-ring (bicyclic) bond motifs is 1. The van der Waals surface area contributed by atoms with Crippen molar-refractivity contribution in [1.82, 2.24) is 0 Å². The number of esters is 1. The molecule has 4 rings (SSSR count). The number of hydrogen-bond acceptors (Lipinski definition) is 4. The van der Waals surface area contributed by atoms with E-state index in [2.05, 4.69) is 20.8 Å². The van der Waals surface area contributed by atoms with Gasteiger partial charge in [0.25, 0.3) is 0 Å². The van der Waals surface area contributed by atoms with E-state index in [4.69, 9.17) is 33.7 Å². The number of primary amides is 1. The van der Waals surface area contributed by atoms with Gasteiger partial charge in [-0.1, -0.05) is 74.3 Å². The third-order valence-electron chi connectivity index (χ3n) is 6.54. The van der Waals surface area contributed by atoms with Crippen LogP contribution in [-0.4, -0.2) is 18.4 Å². The molecular weight excluding hydrogens is 514 g/mol. The number of nitrogens with zero attached hydrogens (tertiary/aromatic N) is 1. The maximum absolute atomic E-state index is 14.6. The molecule has 0 saturated carbocycles. The van der Waals surface area contributed by atoms with Crippen LogP contribution in [0.15, 0.2) is 54.6 Å². The van der Waals surface area contributed by atoms with Crippen LogP contribution in [-0.2, 0) is 28.0 Å². The van der Waals surface area contributed by atoms with Crippen molar-refractivity contribution < 1.29 is 18.7 Å². The SMILES string of the molecule is CC(C)(C)c1ccc(COC(=O)c2cc(F)cc3c2N(C(C(N)=O)c2ccc(Cl)c(Cl)c2)CCC3)cc1. The molecule has 194 valence electrons. The third kappa shape index (κ3) is 5.91. The van der Waals surface area contributed by atoms with Crippen molar-refractivity contribution in [1.29, 1.82) is 0 Å². The topological polar surface area (TPSA) is 72.6 Å². The largest absolute Gasteiger partial charge is 0.457 e. The Morgan fingerprint density at radius 1 is 1.05 bits per heavy atom. The molecule has 37 heavy (non-hydrogen) atoms. The summed E-state index contributed by atoms with van der Waals surface area (Å²) < 4.78 is 20.2. The average Bonchev–Trinajstić information content (AvgIpc) is 2.83. The molecular formula is C29H29Cl2FN2O3. The molecule has 1 amide bonds. The fraction of sp³-hybridized carbons (Fsp3) is 0.310. The van der Waals surface area contributed by atoms with Gasteiger partial charge in [0.1, 0.15) is 18.5 Å². The number of nitrogens with two attached hydrogens (primary N) is 1. The van der Waals surface area contributed by atoms with Crippen LogP contribution in [0.4, 0.5) is 10.1 Å². The summed E-state index contributed by atoms with van der Waals surface area (Å²) in [5, 5.41) is 0.619. The second-order valence-corrected chi connectivity index (χ2v) is 11.1. The minimum Gasteiger partial charge on any atom is -0.457 e. The third-order valence-corrected chi connectivity index (χ3v) is 7.28. The van der Waals surface area contributed by atoms with Gasteiger partial charge in [-0.15, -0.1) is 0 Å². The summed E-state index contributed by atoms with van der Waals surface area (Å²) in [7, 11) is 0. The first-order chi connectivity index (χ1) is 17.5. The molecule has 0 aliphatic carbocycles. The van der Waals surface area contributed by atoms with Gasteiger partial charge >= 0.3 is 5.97 Å². The van der Waals surface area contributed by atoms with Crippen LogP contribution in [0.2, 0.25) is 10.0 Å². The number of benzene rings is 3. The first-order valence-electron chi connectivity index (χ1n) is 12.1. The Bertz CT molecular complexity index is 1340. The first kappa shape index (κ1) is 27.0. The molecule has 1 atom stereocenters. The minimum absolute atomic E-state index is 0.00454. The lowest BCUT2D eigenvalue weighted by Crippen LogP contribution is -2.41. The number of ether oxygens (including phenoxy) is 1. The van der Waals surface area contributed by atoms with Crippen LogP contribution in [0.5, 0.6) is 0 Å². The molecule has 1 aliphatic rings. The lowest BCUT2D eigenvalue weighted by atomic mass is 9.87. The Kier molecular flexibility index (Phi) is 7.81. The van der Waals surface area contributed by atoms with Crippen LogP contribution in [0.1, 0.15) is 65.8 Å². The summed E-state index contributed by atoms with van der Waals surface area (Å²) in [4.78, 5) is 27.7. The number of anilines is 1. The van der Waals surface area contributed by atoms with E-state index < -0.39 is 23.7 Å². The molecule has 2 N–H and O–H groups in total. The molecule has 3 aromatic rings. The highest BCUT2D eigenvalue weighted by molar-refractivity contribution is 6.42. The summed E-state index contributed by atoms with van der Waals surface area (Å²) in [6.45, 7) is 6.83. The molecule has 3 aromatic carbocycles. The summed E-state index contributed by atoms with van der Waals surface area (Å²) >= 11 is 12.3. The van der Waals surface area contributed by atoms with Crippen LogP contribution in [0.25, 0.3) is 0 Å². The van der Waals surface area contributed by atoms with Crippen molar-refractivity contribution in [3.8, 4) is 0 Å². The molecule has 1 aliphatic heterocycles. The number of hydrogen-bond donors (Lipinski definition) is 1. The minimum atomic E-state index is -0.934. The van der Waals surface area contributed by atoms with Crippen molar-refractivity contribution in [3.05, 3.63) is 98.3 Å². The average molecular weight is 543 g/mol. The predicted octanol–water partition coefficient (Wildman–Crippen LogP) is 6.77. The zero-order valence-electron chi connectivity index (χ0n) is 21.0. The summed E-state index contributed by atoms with van der Waals surface area (Å²) in [6.07, 6.45) is 1.20. The molecule has 1 heterocycles. The van der Waals surface area contributed by atoms with Crippen molar-refractivity contribution in [2.24, 2.45) is 5.73 Å². The zero-order chi connectivity index (χ0) is 26.9. The van der Waals surface area contributed by atoms with Gasteiger partial charge in [-0.25, -0.2) is 9.18 Å². The van der Waals surface area contributed by atoms with Gasteiger partial charge in [-0.3, -0.25) is 4.79 Å². The van der Waals surface area contributed by atoms with E-state index in [9.17, 15) is 14.0 Å². The lowest BCUT2D eigenvalue weighted by Gasteiger charge is -2.37. The van der Waals surface area contributed by atoms with Gasteiger partial charge < -0.3 is 15.4 Å². The Morgan fingerprint density at radius 2 is 1.76 bits per heavy atom. The first-order valence-corrected chi connectivity index (χ1v) is 12.8. The molecule has 1 unspecified atom stereocenters. The van der Waals surface area contributed by atoms with Crippen molar-refractivity contribution in [2.45, 2.75) is 51.7 Å². The molecule has 8 heteroatoms. The predicted molar refractivity (Wildman–Crippen MR) is 145 cm³/mol. The quantitative estimate of drug-likeness (QED) is 0.349. The van der Waals surface area contributed by atoms with Crippen LogP contribution in [0, 0.1) is 5.82 Å². The van der Waals surface area contributed by atoms with E-state index in [1.165, 1.54) is 6.07 Å². The highest BCUT2D eigenvalue weighted by atomic mass is 35.5. The molecule has 0 spiro atoms. The number of rotatable bonds is 6. The molecule has 0 radical (unpaired) electrons. The van der Waals surface area contributed by atoms with E-state index >= 15 is 0 Å². The van der Waals surface area contributed by atoms with Crippen molar-refractivity contribution >= 4 is 40.8 Å². The van der Waals surface area contributed by atoms with Crippen molar-refractivity contribution in [3.63, 3.8) is 0 Å². The number of carbonyl (C=O) groups is 2. The maximum atomic E-state index is 14.6. The Labute approximate surface area is 226 Å². The number of carbonyl (C=O) groups excluding carboxylic acids is 2. The maximum Gasteiger partial charge on any atom is 0.340 e. The van der Waals surface area contributed by atoms with Gasteiger partial charge in [0.15, 0.2) is 0 Å². The Balaban J connectivity index is 1.67. The van der Waals surface area contributed by atoms with E-state index in [1.807, 2.05) is 24.3 Å². The summed E-state index contributed by atoms with van der Waals surface area (Å²) in [6, 6.07) is 14.3. The molecule has 5 nitrogen and oxygen atoms in total. The van der Waals surface area contributed by atoms with E-state index in [-0.39, 0.29) is 22.6 Å². The Hall–Kier alpha value is -3.09. The van der Waals surface area contributed by atoms with Crippen LogP contribution < -0.4 is 10.6 Å². The summed E-state index contributed by atoms with van der Waals surface area (Å²) in [5.74, 6) is -1.86. The molecule has 0 bridgehead atoms. The fourth-order valence-corrected chi connectivity index (χ4v) is 4.97.